The van der Waals surface area contributed by atoms with Crippen LogP contribution in [0.4, 0.5) is 0 Å². The summed E-state index contributed by atoms with van der Waals surface area (Å²) in [4.78, 5) is 15.5. The molecular weight excluding hydrogens is 803 g/mol. The molecule has 0 radical (unpaired) electrons. The third-order valence-electron chi connectivity index (χ3n) is 17.3. The zero-order chi connectivity index (χ0) is 43.2. The molecule has 4 nitrogen and oxygen atoms in total. The van der Waals surface area contributed by atoms with Gasteiger partial charge in [0.25, 0.3) is 0 Å². The summed E-state index contributed by atoms with van der Waals surface area (Å²) in [5.74, 6) is 6.73. The lowest BCUT2D eigenvalue weighted by molar-refractivity contribution is -0.175. The van der Waals surface area contributed by atoms with Gasteiger partial charge < -0.3 is 4.74 Å². The molecule has 0 amide bonds. The fourth-order valence-electron chi connectivity index (χ4n) is 14.4. The highest BCUT2D eigenvalue weighted by Crippen LogP contribution is 2.84. The summed E-state index contributed by atoms with van der Waals surface area (Å²) in [6.07, 6.45) is 7.12. The molecule has 2 bridgehead atoms. The number of fused-ring (bicyclic) bond motifs is 10. The molecule has 66 heavy (non-hydrogen) atoms. The average Bonchev–Trinajstić information content (AvgIpc) is 3.99. The Kier molecular flexibility index (Phi) is 7.44. The van der Waals surface area contributed by atoms with Crippen molar-refractivity contribution in [3.63, 3.8) is 0 Å². The molecule has 4 saturated carbocycles. The van der Waals surface area contributed by atoms with Crippen LogP contribution < -0.4 is 4.74 Å². The van der Waals surface area contributed by atoms with E-state index in [4.69, 9.17) is 19.7 Å². The predicted octanol–water partition coefficient (Wildman–Crippen LogP) is 14.8. The van der Waals surface area contributed by atoms with Crippen LogP contribution in [0.2, 0.25) is 0 Å². The molecule has 4 heteroatoms. The van der Waals surface area contributed by atoms with Gasteiger partial charge in [-0.2, -0.15) is 0 Å². The van der Waals surface area contributed by atoms with Crippen LogP contribution in [0.15, 0.2) is 194 Å². The predicted molar refractivity (Wildman–Crippen MR) is 262 cm³/mol. The largest absolute Gasteiger partial charge is 0.457 e. The molecule has 314 valence electrons. The van der Waals surface area contributed by atoms with Gasteiger partial charge in [-0.1, -0.05) is 182 Å². The number of ether oxygens (including phenoxy) is 1. The molecule has 8 aromatic carbocycles. The number of aromatic nitrogens is 3. The van der Waals surface area contributed by atoms with Gasteiger partial charge >= 0.3 is 0 Å². The number of nitrogens with zero attached hydrogens (tertiary/aromatic N) is 3. The molecule has 0 unspecified atom stereocenters. The monoisotopic (exact) mass is 847 g/mol. The van der Waals surface area contributed by atoms with Crippen LogP contribution >= 0.6 is 0 Å². The van der Waals surface area contributed by atoms with Crippen molar-refractivity contribution < 1.29 is 4.74 Å². The summed E-state index contributed by atoms with van der Waals surface area (Å²) >= 11 is 0. The zero-order valence-corrected chi connectivity index (χ0v) is 36.5. The number of para-hydroxylation sites is 1. The number of rotatable bonds is 6. The van der Waals surface area contributed by atoms with E-state index in [1.54, 1.807) is 0 Å². The Labute approximate surface area is 385 Å². The van der Waals surface area contributed by atoms with Crippen molar-refractivity contribution in [1.82, 2.24) is 15.0 Å². The molecule has 6 aliphatic rings. The number of hydrogen-bond donors (Lipinski definition) is 0. The Morgan fingerprint density at radius 1 is 0.379 bits per heavy atom. The van der Waals surface area contributed by atoms with Gasteiger partial charge in [0.15, 0.2) is 17.5 Å². The standard InChI is InChI=1S/C62H45N3O/c1-2-10-38(11-3-1)39-18-22-41(23-19-39)57-63-58(65-59(64-57)43-26-29-45(30-27-43)60-35-47-33-46-34-48(36-60)61(46,47)37-60)42-24-20-40(21-25-42)44-28-31-54-56(32-44)66-55-17-9-8-16-53(55)62(54)51-14-6-4-12-49(51)50-13-5-7-15-52(50)62/h1-32,46-48H,33-37H2/t46?,47-,48-,60?,61?/m0/s1. The van der Waals surface area contributed by atoms with E-state index >= 15 is 0 Å². The van der Waals surface area contributed by atoms with E-state index < -0.39 is 5.41 Å². The topological polar surface area (TPSA) is 47.9 Å². The highest BCUT2D eigenvalue weighted by atomic mass is 16.5. The van der Waals surface area contributed by atoms with E-state index in [1.165, 1.54) is 71.0 Å². The van der Waals surface area contributed by atoms with Gasteiger partial charge in [0.2, 0.25) is 0 Å². The first kappa shape index (κ1) is 36.9. The Bertz CT molecular complexity index is 3390. The van der Waals surface area contributed by atoms with Crippen molar-refractivity contribution in [2.45, 2.75) is 42.9 Å². The van der Waals surface area contributed by atoms with Crippen LogP contribution in [0.3, 0.4) is 0 Å². The van der Waals surface area contributed by atoms with Gasteiger partial charge in [0.1, 0.15) is 11.5 Å². The molecule has 2 heterocycles. The van der Waals surface area contributed by atoms with Crippen molar-refractivity contribution >= 4 is 0 Å². The lowest BCUT2D eigenvalue weighted by Gasteiger charge is -2.66. The SMILES string of the molecule is c1ccc(-c2ccc(-c3nc(-c4ccc(-c5ccc6c(c5)Oc5ccccc5C65c6ccccc6-c6ccccc65)cc4)nc(-c4ccc(C56C[C@@H]7CC8C[C@@H](C5)C87C6)cc4)n3)cc2)cc1. The van der Waals surface area contributed by atoms with Gasteiger partial charge in [-0.25, -0.2) is 15.0 Å². The van der Waals surface area contributed by atoms with Gasteiger partial charge in [0.05, 0.1) is 5.41 Å². The molecule has 1 aromatic heterocycles. The third kappa shape index (κ3) is 4.91. The molecule has 2 spiro atoms. The highest BCUT2D eigenvalue weighted by Gasteiger charge is 2.77. The van der Waals surface area contributed by atoms with Gasteiger partial charge in [0, 0.05) is 27.8 Å². The van der Waals surface area contributed by atoms with E-state index in [0.717, 1.165) is 68.2 Å². The number of benzene rings is 8. The third-order valence-corrected chi connectivity index (χ3v) is 17.3. The van der Waals surface area contributed by atoms with Crippen molar-refractivity contribution in [2.24, 2.45) is 23.2 Å². The summed E-state index contributed by atoms with van der Waals surface area (Å²) in [6, 6.07) is 70.2. The van der Waals surface area contributed by atoms with Crippen LogP contribution in [-0.4, -0.2) is 15.0 Å². The van der Waals surface area contributed by atoms with Crippen molar-refractivity contribution in [1.29, 1.82) is 0 Å². The number of hydrogen-bond acceptors (Lipinski definition) is 4. The highest BCUT2D eigenvalue weighted by molar-refractivity contribution is 5.89. The van der Waals surface area contributed by atoms with E-state index in [2.05, 4.69) is 194 Å². The molecule has 2 atom stereocenters. The zero-order valence-electron chi connectivity index (χ0n) is 36.5. The first-order valence-corrected chi connectivity index (χ1v) is 23.8. The van der Waals surface area contributed by atoms with Crippen molar-refractivity contribution in [3.8, 4) is 79.0 Å². The minimum atomic E-state index is -0.481. The van der Waals surface area contributed by atoms with Crippen LogP contribution in [0, 0.1) is 23.2 Å². The Morgan fingerprint density at radius 3 is 1.41 bits per heavy atom. The van der Waals surface area contributed by atoms with Crippen LogP contribution in [0.25, 0.3) is 67.5 Å². The molecule has 15 rings (SSSR count). The molecule has 9 aromatic rings. The molecular formula is C62H45N3O. The first-order chi connectivity index (χ1) is 32.6. The Morgan fingerprint density at radius 2 is 0.833 bits per heavy atom. The smallest absolute Gasteiger partial charge is 0.164 e. The summed E-state index contributed by atoms with van der Waals surface area (Å²) in [5, 5.41) is 0. The van der Waals surface area contributed by atoms with Crippen LogP contribution in [-0.2, 0) is 10.8 Å². The maximum Gasteiger partial charge on any atom is 0.164 e. The second-order valence-corrected chi connectivity index (χ2v) is 20.1. The van der Waals surface area contributed by atoms with Crippen LogP contribution in [0.5, 0.6) is 11.5 Å². The van der Waals surface area contributed by atoms with E-state index in [1.807, 2.05) is 0 Å². The fraction of sp³-hybridized carbons (Fsp3) is 0.177. The summed E-state index contributed by atoms with van der Waals surface area (Å²) in [7, 11) is 0. The van der Waals surface area contributed by atoms with E-state index in [-0.39, 0.29) is 0 Å². The summed E-state index contributed by atoms with van der Waals surface area (Å²) in [5.41, 5.74) is 17.0. The molecule has 4 fully saturated rings. The maximum absolute atomic E-state index is 6.83. The molecule has 0 N–H and O–H groups in total. The fourth-order valence-corrected chi connectivity index (χ4v) is 14.4. The van der Waals surface area contributed by atoms with Crippen molar-refractivity contribution in [2.75, 3.05) is 0 Å². The van der Waals surface area contributed by atoms with E-state index in [9.17, 15) is 0 Å². The summed E-state index contributed by atoms with van der Waals surface area (Å²) < 4.78 is 6.83. The maximum atomic E-state index is 6.83. The summed E-state index contributed by atoms with van der Waals surface area (Å²) in [6.45, 7) is 0. The molecule has 1 aliphatic heterocycles. The normalized spacial score (nSPS) is 23.7. The second kappa shape index (κ2) is 13.3. The van der Waals surface area contributed by atoms with Gasteiger partial charge in [-0.3, -0.25) is 0 Å². The quantitative estimate of drug-likeness (QED) is 0.167. The lowest BCUT2D eigenvalue weighted by atomic mass is 9.38. The van der Waals surface area contributed by atoms with Crippen LogP contribution in [0.1, 0.15) is 59.9 Å². The first-order valence-electron chi connectivity index (χ1n) is 23.8. The molecule has 5 aliphatic carbocycles. The van der Waals surface area contributed by atoms with Gasteiger partial charge in [-0.05, 0) is 123 Å². The average molecular weight is 848 g/mol. The minimum absolute atomic E-state index is 0.361. The Balaban J connectivity index is 0.798. The molecule has 0 saturated heterocycles. The lowest BCUT2D eigenvalue weighted by Crippen LogP contribution is -2.59. The van der Waals surface area contributed by atoms with E-state index in [0.29, 0.717) is 28.3 Å². The minimum Gasteiger partial charge on any atom is -0.457 e. The Hall–Kier alpha value is -7.43. The van der Waals surface area contributed by atoms with Crippen molar-refractivity contribution in [3.05, 3.63) is 222 Å². The van der Waals surface area contributed by atoms with Gasteiger partial charge in [-0.15, -0.1) is 0 Å². The second-order valence-electron chi connectivity index (χ2n) is 20.1.